The Hall–Kier alpha value is -2.13. The zero-order chi connectivity index (χ0) is 23.1. The van der Waals surface area contributed by atoms with E-state index >= 15 is 0 Å². The minimum absolute atomic E-state index is 0.00194. The fourth-order valence-corrected chi connectivity index (χ4v) is 2.86. The first-order chi connectivity index (χ1) is 14.2. The molecule has 0 bridgehead atoms. The molecule has 30 heavy (non-hydrogen) atoms. The van der Waals surface area contributed by atoms with Gasteiger partial charge in [-0.15, -0.1) is 0 Å². The number of carboxylic acids is 2. The van der Waals surface area contributed by atoms with Crippen molar-refractivity contribution in [2.45, 2.75) is 53.4 Å². The number of hydrogen-bond acceptors (Lipinski definition) is 5. The summed E-state index contributed by atoms with van der Waals surface area (Å²) in [5.41, 5.74) is 4.11. The molecule has 0 heterocycles. The maximum absolute atomic E-state index is 10.3. The van der Waals surface area contributed by atoms with Gasteiger partial charge in [0.2, 0.25) is 0 Å². The summed E-state index contributed by atoms with van der Waals surface area (Å²) in [6.45, 7) is 8.65. The van der Waals surface area contributed by atoms with E-state index in [1.807, 2.05) is 48.5 Å². The third-order valence-corrected chi connectivity index (χ3v) is 4.03. The van der Waals surface area contributed by atoms with Gasteiger partial charge in [-0.1, -0.05) is 76.2 Å². The van der Waals surface area contributed by atoms with E-state index in [9.17, 15) is 19.8 Å². The first-order valence-electron chi connectivity index (χ1n) is 9.96. The molecule has 0 aliphatic carbocycles. The van der Waals surface area contributed by atoms with Crippen molar-refractivity contribution in [2.75, 3.05) is 0 Å². The van der Waals surface area contributed by atoms with Crippen molar-refractivity contribution in [3.8, 4) is 0 Å². The minimum atomic E-state index is -1.03. The van der Waals surface area contributed by atoms with Crippen LogP contribution in [0, 0.1) is 11.8 Å². The van der Waals surface area contributed by atoms with Crippen LogP contribution in [0.2, 0.25) is 0 Å². The molecule has 0 aromatic heterocycles. The molecule has 2 aromatic carbocycles. The summed E-state index contributed by atoms with van der Waals surface area (Å²) in [4.78, 5) is 20.6. The molecule has 5 nitrogen and oxygen atoms in total. The van der Waals surface area contributed by atoms with E-state index in [0.29, 0.717) is 11.8 Å². The summed E-state index contributed by atoms with van der Waals surface area (Å²) in [5, 5.41) is 20.6. The maximum atomic E-state index is 10.3. The fraction of sp³-hybridized carbons (Fsp3) is 0.417. The van der Waals surface area contributed by atoms with Gasteiger partial charge >= 0.3 is 20.8 Å². The molecule has 0 saturated carbocycles. The summed E-state index contributed by atoms with van der Waals surface area (Å²) in [5.74, 6) is -0.799. The van der Waals surface area contributed by atoms with Crippen LogP contribution >= 0.6 is 0 Å². The molecule has 0 amide bonds. The van der Waals surface area contributed by atoms with Gasteiger partial charge in [0.05, 0.1) is 0 Å². The van der Waals surface area contributed by atoms with Crippen LogP contribution in [0.5, 0.6) is 0 Å². The second kappa shape index (κ2) is 15.7. The van der Waals surface area contributed by atoms with E-state index in [-0.39, 0.29) is 12.8 Å². The van der Waals surface area contributed by atoms with Crippen LogP contribution in [0.3, 0.4) is 0 Å². The van der Waals surface area contributed by atoms with Crippen molar-refractivity contribution in [3.63, 3.8) is 0 Å². The van der Waals surface area contributed by atoms with Gasteiger partial charge in [0, 0.05) is 24.8 Å². The van der Waals surface area contributed by atoms with Gasteiger partial charge in [-0.05, 0) is 46.9 Å². The molecule has 6 heteroatoms. The van der Waals surface area contributed by atoms with Gasteiger partial charge in [-0.2, -0.15) is 0 Å². The van der Waals surface area contributed by atoms with Gasteiger partial charge in [0.15, 0.2) is 0 Å². The molecule has 160 valence electrons. The van der Waals surface area contributed by atoms with Gasteiger partial charge < -0.3 is 19.8 Å². The Labute approximate surface area is 188 Å². The predicted octanol–water partition coefficient (Wildman–Crippen LogP) is 1.42. The third kappa shape index (κ3) is 14.0. The van der Waals surface area contributed by atoms with E-state index in [1.165, 1.54) is 27.8 Å². The van der Waals surface area contributed by atoms with Gasteiger partial charge in [-0.3, -0.25) is 0 Å². The molecule has 2 rings (SSSR count). The van der Waals surface area contributed by atoms with Crippen molar-refractivity contribution in [3.05, 3.63) is 70.8 Å². The molecule has 0 saturated heterocycles. The monoisotopic (exact) mass is 426 g/mol. The molecule has 2 aromatic rings. The summed E-state index contributed by atoms with van der Waals surface area (Å²) >= 11 is 1.42. The first-order valence-corrected chi connectivity index (χ1v) is 10.5. The van der Waals surface area contributed by atoms with Crippen molar-refractivity contribution in [1.82, 2.24) is 0 Å². The van der Waals surface area contributed by atoms with Crippen molar-refractivity contribution >= 4 is 28.6 Å². The Morgan fingerprint density at radius 3 is 1.10 bits per heavy atom. The van der Waals surface area contributed by atoms with Crippen LogP contribution in [-0.4, -0.2) is 32.7 Å². The molecule has 0 atom stereocenters. The molecule has 0 unspecified atom stereocenters. The second-order valence-electron chi connectivity index (χ2n) is 7.93. The van der Waals surface area contributed by atoms with Crippen molar-refractivity contribution in [1.29, 1.82) is 0 Å². The normalized spacial score (nSPS) is 10.0. The van der Waals surface area contributed by atoms with E-state index in [2.05, 4.69) is 27.7 Å². The summed E-state index contributed by atoms with van der Waals surface area (Å²) in [6, 6.07) is 15.4. The number of carboxylic acid groups (broad SMARTS) is 2. The zero-order valence-corrected chi connectivity index (χ0v) is 19.4. The summed E-state index contributed by atoms with van der Waals surface area (Å²) in [7, 11) is 0. The fourth-order valence-electron chi connectivity index (χ4n) is 2.86. The number of benzene rings is 2. The van der Waals surface area contributed by atoms with Crippen molar-refractivity contribution < 1.29 is 24.0 Å². The molecule has 0 radical (unpaired) electrons. The molecule has 0 aliphatic rings. The summed E-state index contributed by atoms with van der Waals surface area (Å²) < 4.78 is 6.92. The number of carbonyl (C=O) groups excluding carboxylic acids is 2. The van der Waals surface area contributed by atoms with Crippen LogP contribution in [0.15, 0.2) is 48.5 Å². The average Bonchev–Trinajstić information content (AvgIpc) is 2.65. The Morgan fingerprint density at radius 1 is 0.667 bits per heavy atom. The molecule has 0 fully saturated rings. The first kappa shape index (κ1) is 27.9. The van der Waals surface area contributed by atoms with Crippen LogP contribution in [-0.2, 0) is 35.3 Å². The average molecular weight is 426 g/mol. The molecule has 1 N–H and O–H groups in total. The predicted molar refractivity (Wildman–Crippen MR) is 115 cm³/mol. The number of rotatable bonds is 8. The Kier molecular flexibility index (Phi) is 14.6. The van der Waals surface area contributed by atoms with Crippen LogP contribution < -0.4 is 10.2 Å². The summed E-state index contributed by atoms with van der Waals surface area (Å²) in [6.07, 6.45) is 2.07. The van der Waals surface area contributed by atoms with Gasteiger partial charge in [0.25, 0.3) is 0 Å². The third-order valence-electron chi connectivity index (χ3n) is 4.03. The topological polar surface area (TPSA) is 100 Å². The Balaban J connectivity index is 0.000000518. The van der Waals surface area contributed by atoms with Crippen molar-refractivity contribution in [2.24, 2.45) is 11.8 Å². The van der Waals surface area contributed by atoms with Crippen LogP contribution in [0.25, 0.3) is 0 Å². The molecule has 0 aliphatic heterocycles. The molecular formula is C24H31AlO5. The van der Waals surface area contributed by atoms with Gasteiger partial charge in [0.1, 0.15) is 0 Å². The van der Waals surface area contributed by atoms with Crippen LogP contribution in [0.1, 0.15) is 49.9 Å². The standard InChI is InChI=1S/2C12H16O2.Al.H2O/c2*1-9(2)7-10-3-5-11(6-4-10)8-12(13)14;;/h2*3-6,9H,7-8H2,1-2H3,(H,13,14);;1H2/q;;+3;/p-3. The quantitative estimate of drug-likeness (QED) is 0.644. The Bertz CT molecular complexity index is 672. The van der Waals surface area contributed by atoms with Crippen LogP contribution in [0.4, 0.5) is 0 Å². The second-order valence-corrected chi connectivity index (χ2v) is 7.93. The van der Waals surface area contributed by atoms with E-state index < -0.39 is 11.9 Å². The van der Waals surface area contributed by atoms with E-state index in [0.717, 1.165) is 24.0 Å². The molecule has 0 spiro atoms. The van der Waals surface area contributed by atoms with E-state index in [1.54, 1.807) is 0 Å². The molecular weight excluding hydrogens is 395 g/mol. The number of hydrogen-bond donors (Lipinski definition) is 1. The number of aliphatic carboxylic acids is 2. The number of carbonyl (C=O) groups is 2. The SMILES string of the molecule is CC(C)Cc1ccc(CC(=O)[O-])cc1.CC(C)Cc1ccc(CC(=O)[O-])cc1.[OH][Al+2]. The van der Waals surface area contributed by atoms with Gasteiger partial charge in [-0.25, -0.2) is 0 Å². The Morgan fingerprint density at radius 2 is 0.900 bits per heavy atom. The zero-order valence-electron chi connectivity index (χ0n) is 18.3. The van der Waals surface area contributed by atoms with E-state index in [4.69, 9.17) is 4.16 Å².